The molecule has 6 heteroatoms. The van der Waals surface area contributed by atoms with E-state index in [4.69, 9.17) is 0 Å². The Morgan fingerprint density at radius 3 is 2.94 bits per heavy atom. The third-order valence-corrected chi connectivity index (χ3v) is 4.58. The lowest BCUT2D eigenvalue weighted by molar-refractivity contribution is -0.128. The SMILES string of the molecule is CC(=O)N1CCC2=C(C1)SC1=NC(C)=NC(=O)C12. The van der Waals surface area contributed by atoms with Gasteiger partial charge in [0, 0.05) is 18.4 Å². The van der Waals surface area contributed by atoms with E-state index in [1.54, 1.807) is 25.6 Å². The third kappa shape index (κ3) is 1.71. The number of thioether (sulfide) groups is 1. The molecule has 3 aliphatic heterocycles. The first-order valence-corrected chi connectivity index (χ1v) is 6.71. The highest BCUT2D eigenvalue weighted by molar-refractivity contribution is 8.17. The quantitative estimate of drug-likeness (QED) is 0.660. The normalized spacial score (nSPS) is 26.7. The topological polar surface area (TPSA) is 62.1 Å². The molecular weight excluding hydrogens is 250 g/mol. The van der Waals surface area contributed by atoms with Crippen LogP contribution in [0, 0.1) is 5.92 Å². The molecule has 0 N–H and O–H groups in total. The van der Waals surface area contributed by atoms with E-state index in [-0.39, 0.29) is 17.7 Å². The molecule has 0 saturated heterocycles. The number of amides is 2. The fraction of sp³-hybridized carbons (Fsp3) is 0.500. The molecule has 3 rings (SSSR count). The predicted molar refractivity (Wildman–Crippen MR) is 70.5 cm³/mol. The number of fused-ring (bicyclic) bond motifs is 2. The molecule has 3 heterocycles. The van der Waals surface area contributed by atoms with Gasteiger partial charge in [-0.3, -0.25) is 9.59 Å². The number of carbonyl (C=O) groups excluding carboxylic acids is 2. The molecule has 5 nitrogen and oxygen atoms in total. The molecule has 0 spiro atoms. The van der Waals surface area contributed by atoms with E-state index >= 15 is 0 Å². The maximum Gasteiger partial charge on any atom is 0.261 e. The fourth-order valence-electron chi connectivity index (χ4n) is 2.51. The van der Waals surface area contributed by atoms with Crippen molar-refractivity contribution in [1.29, 1.82) is 0 Å². The highest BCUT2D eigenvalue weighted by Crippen LogP contribution is 2.44. The van der Waals surface area contributed by atoms with Crippen molar-refractivity contribution in [3.05, 3.63) is 10.5 Å². The summed E-state index contributed by atoms with van der Waals surface area (Å²) in [6.07, 6.45) is 0.756. The summed E-state index contributed by atoms with van der Waals surface area (Å²) in [4.78, 5) is 34.6. The van der Waals surface area contributed by atoms with Gasteiger partial charge in [0.05, 0.1) is 11.6 Å². The van der Waals surface area contributed by atoms with E-state index in [0.29, 0.717) is 18.9 Å². The van der Waals surface area contributed by atoms with Crippen LogP contribution in [0.5, 0.6) is 0 Å². The summed E-state index contributed by atoms with van der Waals surface area (Å²) in [6, 6.07) is 0. The molecule has 0 saturated carbocycles. The summed E-state index contributed by atoms with van der Waals surface area (Å²) in [7, 11) is 0. The number of hydrogen-bond donors (Lipinski definition) is 0. The first-order valence-electron chi connectivity index (χ1n) is 5.89. The van der Waals surface area contributed by atoms with E-state index < -0.39 is 0 Å². The Kier molecular flexibility index (Phi) is 2.62. The number of nitrogens with zero attached hydrogens (tertiary/aromatic N) is 3. The molecule has 1 unspecified atom stereocenters. The fourth-order valence-corrected chi connectivity index (χ4v) is 3.87. The van der Waals surface area contributed by atoms with Gasteiger partial charge in [0.15, 0.2) is 0 Å². The first kappa shape index (κ1) is 11.6. The van der Waals surface area contributed by atoms with Crippen molar-refractivity contribution < 1.29 is 9.59 Å². The van der Waals surface area contributed by atoms with Crippen molar-refractivity contribution in [3.8, 4) is 0 Å². The number of carbonyl (C=O) groups is 2. The minimum Gasteiger partial charge on any atom is -0.338 e. The maximum absolute atomic E-state index is 12.0. The van der Waals surface area contributed by atoms with Gasteiger partial charge in [-0.2, -0.15) is 4.99 Å². The van der Waals surface area contributed by atoms with Crippen LogP contribution in [-0.4, -0.2) is 40.7 Å². The molecule has 1 atom stereocenters. The van der Waals surface area contributed by atoms with E-state index in [0.717, 1.165) is 21.9 Å². The molecule has 0 aromatic heterocycles. The third-order valence-electron chi connectivity index (χ3n) is 3.40. The molecule has 0 aliphatic carbocycles. The first-order chi connectivity index (χ1) is 8.56. The highest BCUT2D eigenvalue weighted by Gasteiger charge is 2.41. The summed E-state index contributed by atoms with van der Waals surface area (Å²) < 4.78 is 0. The van der Waals surface area contributed by atoms with Crippen LogP contribution in [0.3, 0.4) is 0 Å². The van der Waals surface area contributed by atoms with Crippen molar-refractivity contribution in [2.75, 3.05) is 13.1 Å². The van der Waals surface area contributed by atoms with Gasteiger partial charge in [0.25, 0.3) is 5.91 Å². The van der Waals surface area contributed by atoms with Crippen LogP contribution in [0.15, 0.2) is 20.5 Å². The second kappa shape index (κ2) is 4.05. The van der Waals surface area contributed by atoms with Crippen molar-refractivity contribution >= 4 is 34.5 Å². The standard InChI is InChI=1S/C12H13N3O2S/c1-6-13-11(17)10-8-3-4-15(7(2)16)5-9(8)18-12(10)14-6/h10H,3-5H2,1-2H3. The molecule has 0 bridgehead atoms. The summed E-state index contributed by atoms with van der Waals surface area (Å²) in [5.74, 6) is 0.244. The van der Waals surface area contributed by atoms with Crippen molar-refractivity contribution in [1.82, 2.24) is 4.90 Å². The van der Waals surface area contributed by atoms with Crippen molar-refractivity contribution in [2.24, 2.45) is 15.9 Å². The smallest absolute Gasteiger partial charge is 0.261 e. The monoisotopic (exact) mass is 263 g/mol. The molecule has 18 heavy (non-hydrogen) atoms. The van der Waals surface area contributed by atoms with Gasteiger partial charge in [0.1, 0.15) is 11.8 Å². The Labute approximate surface area is 109 Å². The molecule has 0 radical (unpaired) electrons. The van der Waals surface area contributed by atoms with Crippen LogP contribution in [0.2, 0.25) is 0 Å². The minimum absolute atomic E-state index is 0.0812. The van der Waals surface area contributed by atoms with Crippen LogP contribution in [0.25, 0.3) is 0 Å². The molecule has 0 aromatic rings. The molecule has 2 amide bonds. The lowest BCUT2D eigenvalue weighted by Gasteiger charge is -2.27. The summed E-state index contributed by atoms with van der Waals surface area (Å²) in [5.41, 5.74) is 1.12. The average Bonchev–Trinajstić information content (AvgIpc) is 2.65. The number of rotatable bonds is 0. The molecule has 0 fully saturated rings. The Morgan fingerprint density at radius 1 is 1.44 bits per heavy atom. The zero-order valence-electron chi connectivity index (χ0n) is 10.3. The summed E-state index contributed by atoms with van der Waals surface area (Å²) in [5, 5.41) is 0.836. The minimum atomic E-state index is -0.261. The van der Waals surface area contributed by atoms with Crippen LogP contribution in [0.4, 0.5) is 0 Å². The van der Waals surface area contributed by atoms with Gasteiger partial charge in [-0.1, -0.05) is 11.8 Å². The van der Waals surface area contributed by atoms with Gasteiger partial charge in [-0.05, 0) is 18.9 Å². The lowest BCUT2D eigenvalue weighted by Crippen LogP contribution is -2.35. The second-order valence-electron chi connectivity index (χ2n) is 4.62. The Morgan fingerprint density at radius 2 is 2.22 bits per heavy atom. The van der Waals surface area contributed by atoms with E-state index in [1.807, 2.05) is 4.90 Å². The Hall–Kier alpha value is -1.43. The average molecular weight is 263 g/mol. The van der Waals surface area contributed by atoms with Crippen molar-refractivity contribution in [3.63, 3.8) is 0 Å². The lowest BCUT2D eigenvalue weighted by atomic mass is 9.93. The van der Waals surface area contributed by atoms with Crippen LogP contribution >= 0.6 is 11.8 Å². The number of aliphatic imine (C=N–C) groups is 2. The zero-order valence-corrected chi connectivity index (χ0v) is 11.1. The molecule has 0 aromatic carbocycles. The van der Waals surface area contributed by atoms with Crippen molar-refractivity contribution in [2.45, 2.75) is 20.3 Å². The van der Waals surface area contributed by atoms with E-state index in [2.05, 4.69) is 9.98 Å². The van der Waals surface area contributed by atoms with Gasteiger partial charge >= 0.3 is 0 Å². The second-order valence-corrected chi connectivity index (χ2v) is 5.74. The van der Waals surface area contributed by atoms with Crippen LogP contribution < -0.4 is 0 Å². The molecule has 3 aliphatic rings. The predicted octanol–water partition coefficient (Wildman–Crippen LogP) is 1.21. The largest absolute Gasteiger partial charge is 0.338 e. The van der Waals surface area contributed by atoms with Gasteiger partial charge in [-0.15, -0.1) is 0 Å². The van der Waals surface area contributed by atoms with E-state index in [1.165, 1.54) is 0 Å². The highest BCUT2D eigenvalue weighted by atomic mass is 32.2. The number of amidine groups is 1. The Balaban J connectivity index is 1.92. The van der Waals surface area contributed by atoms with Gasteiger partial charge in [-0.25, -0.2) is 4.99 Å². The summed E-state index contributed by atoms with van der Waals surface area (Å²) in [6.45, 7) is 4.61. The summed E-state index contributed by atoms with van der Waals surface area (Å²) >= 11 is 1.54. The van der Waals surface area contributed by atoms with Gasteiger partial charge < -0.3 is 4.90 Å². The molecule has 94 valence electrons. The number of hydrogen-bond acceptors (Lipinski definition) is 4. The zero-order chi connectivity index (χ0) is 12.9. The van der Waals surface area contributed by atoms with Gasteiger partial charge in [0.2, 0.25) is 5.91 Å². The van der Waals surface area contributed by atoms with Crippen LogP contribution in [-0.2, 0) is 9.59 Å². The van der Waals surface area contributed by atoms with Crippen LogP contribution in [0.1, 0.15) is 20.3 Å². The maximum atomic E-state index is 12.0. The van der Waals surface area contributed by atoms with E-state index in [9.17, 15) is 9.59 Å². The Bertz CT molecular complexity index is 548. The molecular formula is C12H13N3O2S.